The van der Waals surface area contributed by atoms with Gasteiger partial charge in [0.2, 0.25) is 0 Å². The molecule has 0 spiro atoms. The zero-order valence-electron chi connectivity index (χ0n) is 9.06. The van der Waals surface area contributed by atoms with Gasteiger partial charge >= 0.3 is 0 Å². The third kappa shape index (κ3) is 4.90. The van der Waals surface area contributed by atoms with E-state index < -0.39 is 0 Å². The lowest BCUT2D eigenvalue weighted by Gasteiger charge is -2.11. The molecule has 0 amide bonds. The lowest BCUT2D eigenvalue weighted by atomic mass is 9.98. The number of hydrogen-bond acceptors (Lipinski definition) is 0. The van der Waals surface area contributed by atoms with Crippen molar-refractivity contribution in [2.45, 2.75) is 64.2 Å². The monoisotopic (exact) mass is 202 g/mol. The van der Waals surface area contributed by atoms with E-state index in [1.54, 1.807) is 0 Å². The summed E-state index contributed by atoms with van der Waals surface area (Å²) in [5.41, 5.74) is 0. The fourth-order valence-corrected chi connectivity index (χ4v) is 2.40. The van der Waals surface area contributed by atoms with Crippen molar-refractivity contribution in [1.82, 2.24) is 0 Å². The minimum Gasteiger partial charge on any atom is -0.123 e. The van der Waals surface area contributed by atoms with E-state index in [9.17, 15) is 0 Å². The molecule has 1 saturated carbocycles. The highest BCUT2D eigenvalue weighted by Crippen LogP contribution is 2.38. The topological polar surface area (TPSA) is 0 Å². The van der Waals surface area contributed by atoms with Crippen molar-refractivity contribution in [2.24, 2.45) is 11.8 Å². The first-order valence-corrected chi connectivity index (χ1v) is 6.31. The summed E-state index contributed by atoms with van der Waals surface area (Å²) in [6.45, 7) is 4.63. The Morgan fingerprint density at radius 2 is 1.92 bits per heavy atom. The van der Waals surface area contributed by atoms with Gasteiger partial charge in [0.25, 0.3) is 0 Å². The second-order valence-electron chi connectivity index (χ2n) is 4.68. The Hall–Kier alpha value is 0.290. The van der Waals surface area contributed by atoms with E-state index in [2.05, 4.69) is 13.8 Å². The largest absolute Gasteiger partial charge is 0.123 e. The summed E-state index contributed by atoms with van der Waals surface area (Å²) in [7, 11) is 0. The van der Waals surface area contributed by atoms with Gasteiger partial charge in [0.05, 0.1) is 0 Å². The van der Waals surface area contributed by atoms with Crippen LogP contribution in [0.25, 0.3) is 0 Å². The van der Waals surface area contributed by atoms with Crippen molar-refractivity contribution in [3.05, 3.63) is 0 Å². The molecule has 0 aliphatic heterocycles. The molecule has 1 aliphatic carbocycles. The van der Waals surface area contributed by atoms with Gasteiger partial charge in [0.1, 0.15) is 0 Å². The van der Waals surface area contributed by atoms with Gasteiger partial charge < -0.3 is 0 Å². The zero-order chi connectivity index (χ0) is 9.68. The van der Waals surface area contributed by atoms with Crippen LogP contribution in [0.2, 0.25) is 0 Å². The van der Waals surface area contributed by atoms with Crippen molar-refractivity contribution in [1.29, 1.82) is 0 Å². The Morgan fingerprint density at radius 1 is 1.23 bits per heavy atom. The van der Waals surface area contributed by atoms with Gasteiger partial charge in [0.15, 0.2) is 0 Å². The quantitative estimate of drug-likeness (QED) is 0.529. The van der Waals surface area contributed by atoms with Crippen LogP contribution in [0.15, 0.2) is 0 Å². The van der Waals surface area contributed by atoms with Crippen molar-refractivity contribution < 1.29 is 0 Å². The van der Waals surface area contributed by atoms with Crippen molar-refractivity contribution in [2.75, 3.05) is 0 Å². The number of halogens is 1. The van der Waals surface area contributed by atoms with E-state index >= 15 is 0 Å². The predicted octanol–water partition coefficient (Wildman–Crippen LogP) is 4.61. The van der Waals surface area contributed by atoms with Crippen molar-refractivity contribution in [3.8, 4) is 0 Å². The molecule has 2 atom stereocenters. The first-order chi connectivity index (χ1) is 6.24. The van der Waals surface area contributed by atoms with Gasteiger partial charge in [0, 0.05) is 5.38 Å². The summed E-state index contributed by atoms with van der Waals surface area (Å²) in [6, 6.07) is 0. The fourth-order valence-electron chi connectivity index (χ4n) is 1.99. The third-order valence-corrected chi connectivity index (χ3v) is 3.67. The van der Waals surface area contributed by atoms with Crippen LogP contribution in [-0.4, -0.2) is 5.38 Å². The Labute approximate surface area is 88.1 Å². The maximum Gasteiger partial charge on any atom is 0.0364 e. The molecule has 1 aliphatic rings. The van der Waals surface area contributed by atoms with E-state index in [0.717, 1.165) is 11.8 Å². The molecule has 0 radical (unpaired) electrons. The first-order valence-electron chi connectivity index (χ1n) is 5.88. The molecule has 0 bridgehead atoms. The summed E-state index contributed by atoms with van der Waals surface area (Å²) in [4.78, 5) is 0. The fraction of sp³-hybridized carbons (Fsp3) is 1.00. The van der Waals surface area contributed by atoms with Gasteiger partial charge in [-0.1, -0.05) is 39.5 Å². The van der Waals surface area contributed by atoms with Crippen LogP contribution >= 0.6 is 11.6 Å². The molecule has 0 aromatic carbocycles. The molecule has 1 fully saturated rings. The molecular formula is C12H23Cl. The molecule has 0 aromatic rings. The number of alkyl halides is 1. The van der Waals surface area contributed by atoms with Crippen LogP contribution in [0.5, 0.6) is 0 Å². The highest BCUT2D eigenvalue weighted by atomic mass is 35.5. The summed E-state index contributed by atoms with van der Waals surface area (Å²) >= 11 is 6.24. The molecule has 0 heterocycles. The molecule has 1 heteroatoms. The Balaban J connectivity index is 1.92. The standard InChI is InChI=1S/C12H23Cl/c1-3-5-10(2)6-4-7-12(13)11-8-9-11/h10-12H,3-9H2,1-2H3. The molecule has 0 nitrogen and oxygen atoms in total. The lowest BCUT2D eigenvalue weighted by Crippen LogP contribution is -2.02. The molecule has 0 saturated heterocycles. The summed E-state index contributed by atoms with van der Waals surface area (Å²) in [5, 5.41) is 0.494. The van der Waals surface area contributed by atoms with Crippen LogP contribution < -0.4 is 0 Å². The second-order valence-corrected chi connectivity index (χ2v) is 5.24. The average Bonchev–Trinajstić information content (AvgIpc) is 2.86. The first kappa shape index (κ1) is 11.4. The van der Waals surface area contributed by atoms with Gasteiger partial charge in [-0.05, 0) is 31.1 Å². The highest BCUT2D eigenvalue weighted by Gasteiger charge is 2.28. The number of hydrogen-bond donors (Lipinski definition) is 0. The third-order valence-electron chi connectivity index (χ3n) is 3.09. The van der Waals surface area contributed by atoms with Crippen LogP contribution in [0.3, 0.4) is 0 Å². The normalized spacial score (nSPS) is 21.5. The van der Waals surface area contributed by atoms with E-state index in [4.69, 9.17) is 11.6 Å². The second kappa shape index (κ2) is 5.90. The van der Waals surface area contributed by atoms with Crippen molar-refractivity contribution in [3.63, 3.8) is 0 Å². The molecular weight excluding hydrogens is 180 g/mol. The molecule has 1 rings (SSSR count). The predicted molar refractivity (Wildman–Crippen MR) is 60.3 cm³/mol. The molecule has 0 N–H and O–H groups in total. The minimum absolute atomic E-state index is 0.494. The molecule has 78 valence electrons. The smallest absolute Gasteiger partial charge is 0.0364 e. The maximum atomic E-state index is 6.24. The van der Waals surface area contributed by atoms with Gasteiger partial charge in [-0.3, -0.25) is 0 Å². The summed E-state index contributed by atoms with van der Waals surface area (Å²) in [6.07, 6.45) is 9.46. The molecule has 13 heavy (non-hydrogen) atoms. The van der Waals surface area contributed by atoms with Crippen molar-refractivity contribution >= 4 is 11.6 Å². The van der Waals surface area contributed by atoms with E-state index in [1.165, 1.54) is 44.9 Å². The Kier molecular flexibility index (Phi) is 5.16. The summed E-state index contributed by atoms with van der Waals surface area (Å²) in [5.74, 6) is 1.79. The maximum absolute atomic E-state index is 6.24. The summed E-state index contributed by atoms with van der Waals surface area (Å²) < 4.78 is 0. The highest BCUT2D eigenvalue weighted by molar-refractivity contribution is 6.20. The van der Waals surface area contributed by atoms with Gasteiger partial charge in [-0.15, -0.1) is 11.6 Å². The molecule has 2 unspecified atom stereocenters. The Morgan fingerprint density at radius 3 is 2.46 bits per heavy atom. The van der Waals surface area contributed by atoms with Gasteiger partial charge in [-0.2, -0.15) is 0 Å². The van der Waals surface area contributed by atoms with Crippen LogP contribution in [-0.2, 0) is 0 Å². The van der Waals surface area contributed by atoms with Gasteiger partial charge in [-0.25, -0.2) is 0 Å². The SMILES string of the molecule is CCCC(C)CCCC(Cl)C1CC1. The lowest BCUT2D eigenvalue weighted by molar-refractivity contribution is 0.453. The van der Waals surface area contributed by atoms with E-state index in [1.807, 2.05) is 0 Å². The van der Waals surface area contributed by atoms with Crippen LogP contribution in [0, 0.1) is 11.8 Å². The van der Waals surface area contributed by atoms with Crippen LogP contribution in [0.1, 0.15) is 58.8 Å². The average molecular weight is 203 g/mol. The number of rotatable bonds is 7. The van der Waals surface area contributed by atoms with E-state index in [-0.39, 0.29) is 0 Å². The molecule has 0 aromatic heterocycles. The van der Waals surface area contributed by atoms with Crippen LogP contribution in [0.4, 0.5) is 0 Å². The zero-order valence-corrected chi connectivity index (χ0v) is 9.82. The van der Waals surface area contributed by atoms with E-state index in [0.29, 0.717) is 5.38 Å². The minimum atomic E-state index is 0.494. The Bertz CT molecular complexity index is 129.